The summed E-state index contributed by atoms with van der Waals surface area (Å²) in [6, 6.07) is 7.00. The van der Waals surface area contributed by atoms with Gasteiger partial charge in [0, 0.05) is 11.8 Å². The first kappa shape index (κ1) is 14.9. The van der Waals surface area contributed by atoms with Gasteiger partial charge in [0.2, 0.25) is 0 Å². The Kier molecular flexibility index (Phi) is 6.60. The maximum atomic E-state index is 11.5. The number of hydrogen-bond donors (Lipinski definition) is 1. The predicted octanol–water partition coefficient (Wildman–Crippen LogP) is 2.07. The predicted molar refractivity (Wildman–Crippen MR) is 74.2 cm³/mol. The number of ether oxygens (including phenoxy) is 2. The van der Waals surface area contributed by atoms with E-state index >= 15 is 0 Å². The molecule has 0 aromatic heterocycles. The Bertz CT molecular complexity index is 367. The Morgan fingerprint density at radius 1 is 1.33 bits per heavy atom. The van der Waals surface area contributed by atoms with Crippen molar-refractivity contribution in [3.63, 3.8) is 0 Å². The van der Waals surface area contributed by atoms with E-state index in [0.29, 0.717) is 24.7 Å². The second-order valence-electron chi connectivity index (χ2n) is 3.74. The third kappa shape index (κ3) is 5.42. The summed E-state index contributed by atoms with van der Waals surface area (Å²) in [5.41, 5.74) is 5.47. The topological polar surface area (TPSA) is 61.5 Å². The SMILES string of the molecule is CCOc1ccc(OC(=O)CSC(C)CN)cc1. The van der Waals surface area contributed by atoms with Crippen molar-refractivity contribution in [1.29, 1.82) is 0 Å². The third-order valence-corrected chi connectivity index (χ3v) is 3.35. The normalized spacial score (nSPS) is 11.9. The zero-order valence-electron chi connectivity index (χ0n) is 10.7. The molecule has 0 amide bonds. The molecule has 0 saturated carbocycles. The molecule has 0 bridgehead atoms. The molecule has 18 heavy (non-hydrogen) atoms. The summed E-state index contributed by atoms with van der Waals surface area (Å²) in [6.07, 6.45) is 0. The first-order valence-electron chi connectivity index (χ1n) is 5.91. The van der Waals surface area contributed by atoms with Crippen molar-refractivity contribution >= 4 is 17.7 Å². The van der Waals surface area contributed by atoms with Gasteiger partial charge < -0.3 is 15.2 Å². The van der Waals surface area contributed by atoms with Crippen LogP contribution in [-0.4, -0.2) is 30.1 Å². The minimum Gasteiger partial charge on any atom is -0.494 e. The molecule has 0 spiro atoms. The van der Waals surface area contributed by atoms with Gasteiger partial charge in [0.15, 0.2) is 0 Å². The Hall–Kier alpha value is -1.20. The van der Waals surface area contributed by atoms with E-state index in [-0.39, 0.29) is 11.2 Å². The van der Waals surface area contributed by atoms with Gasteiger partial charge in [0.1, 0.15) is 11.5 Å². The van der Waals surface area contributed by atoms with Crippen molar-refractivity contribution < 1.29 is 14.3 Å². The summed E-state index contributed by atoms with van der Waals surface area (Å²) in [5.74, 6) is 1.35. The lowest BCUT2D eigenvalue weighted by atomic mass is 10.3. The third-order valence-electron chi connectivity index (χ3n) is 2.18. The molecule has 0 radical (unpaired) electrons. The fraction of sp³-hybridized carbons (Fsp3) is 0.462. The smallest absolute Gasteiger partial charge is 0.321 e. The second-order valence-corrected chi connectivity index (χ2v) is 5.16. The van der Waals surface area contributed by atoms with Crippen LogP contribution in [0.15, 0.2) is 24.3 Å². The molecule has 1 aromatic rings. The van der Waals surface area contributed by atoms with Crippen LogP contribution in [0.1, 0.15) is 13.8 Å². The number of benzene rings is 1. The van der Waals surface area contributed by atoms with Crippen molar-refractivity contribution in [2.24, 2.45) is 5.73 Å². The van der Waals surface area contributed by atoms with E-state index in [1.807, 2.05) is 13.8 Å². The number of carbonyl (C=O) groups is 1. The van der Waals surface area contributed by atoms with E-state index in [1.165, 1.54) is 11.8 Å². The molecule has 100 valence electrons. The van der Waals surface area contributed by atoms with Gasteiger partial charge in [0.05, 0.1) is 12.4 Å². The molecule has 1 aromatic carbocycles. The van der Waals surface area contributed by atoms with Crippen LogP contribution in [0.4, 0.5) is 0 Å². The van der Waals surface area contributed by atoms with Crippen LogP contribution in [-0.2, 0) is 4.79 Å². The van der Waals surface area contributed by atoms with Gasteiger partial charge in [-0.25, -0.2) is 0 Å². The van der Waals surface area contributed by atoms with Gasteiger partial charge in [-0.2, -0.15) is 0 Å². The summed E-state index contributed by atoms with van der Waals surface area (Å²) >= 11 is 1.49. The summed E-state index contributed by atoms with van der Waals surface area (Å²) < 4.78 is 10.5. The second kappa shape index (κ2) is 8.00. The molecule has 2 N–H and O–H groups in total. The number of esters is 1. The molecular weight excluding hydrogens is 250 g/mol. The van der Waals surface area contributed by atoms with Crippen molar-refractivity contribution in [2.45, 2.75) is 19.1 Å². The molecule has 1 rings (SSSR count). The number of rotatable bonds is 7. The molecule has 0 aliphatic rings. The molecule has 0 saturated heterocycles. The number of thioether (sulfide) groups is 1. The van der Waals surface area contributed by atoms with Gasteiger partial charge in [-0.3, -0.25) is 4.79 Å². The summed E-state index contributed by atoms with van der Waals surface area (Å²) in [6.45, 7) is 5.08. The first-order chi connectivity index (χ1) is 8.65. The highest BCUT2D eigenvalue weighted by molar-refractivity contribution is 8.00. The molecule has 0 fully saturated rings. The fourth-order valence-corrected chi connectivity index (χ4v) is 1.83. The molecule has 0 aliphatic carbocycles. The van der Waals surface area contributed by atoms with Crippen LogP contribution in [0.25, 0.3) is 0 Å². The Morgan fingerprint density at radius 2 is 1.94 bits per heavy atom. The van der Waals surface area contributed by atoms with Gasteiger partial charge in [-0.05, 0) is 31.2 Å². The van der Waals surface area contributed by atoms with E-state index in [9.17, 15) is 4.79 Å². The van der Waals surface area contributed by atoms with Gasteiger partial charge >= 0.3 is 5.97 Å². The highest BCUT2D eigenvalue weighted by Crippen LogP contribution is 2.18. The monoisotopic (exact) mass is 269 g/mol. The highest BCUT2D eigenvalue weighted by Gasteiger charge is 2.08. The average molecular weight is 269 g/mol. The van der Waals surface area contributed by atoms with Crippen LogP contribution < -0.4 is 15.2 Å². The Balaban J connectivity index is 2.39. The lowest BCUT2D eigenvalue weighted by Gasteiger charge is -2.08. The summed E-state index contributed by atoms with van der Waals surface area (Å²) in [5, 5.41) is 0.262. The van der Waals surface area contributed by atoms with Crippen LogP contribution >= 0.6 is 11.8 Å². The number of nitrogens with two attached hydrogens (primary N) is 1. The molecular formula is C13H19NO3S. The van der Waals surface area contributed by atoms with Gasteiger partial charge in [-0.1, -0.05) is 6.92 Å². The minimum absolute atomic E-state index is 0.260. The Labute approximate surface area is 112 Å². The number of hydrogen-bond acceptors (Lipinski definition) is 5. The van der Waals surface area contributed by atoms with E-state index in [4.69, 9.17) is 15.2 Å². The first-order valence-corrected chi connectivity index (χ1v) is 6.95. The molecule has 4 nitrogen and oxygen atoms in total. The molecule has 1 unspecified atom stereocenters. The standard InChI is InChI=1S/C13H19NO3S/c1-3-16-11-4-6-12(7-5-11)17-13(15)9-18-10(2)8-14/h4-7,10H,3,8-9,14H2,1-2H3. The van der Waals surface area contributed by atoms with Crippen molar-refractivity contribution in [2.75, 3.05) is 18.9 Å². The van der Waals surface area contributed by atoms with E-state index in [2.05, 4.69) is 0 Å². The van der Waals surface area contributed by atoms with Crippen LogP contribution in [0.2, 0.25) is 0 Å². The highest BCUT2D eigenvalue weighted by atomic mass is 32.2. The van der Waals surface area contributed by atoms with Crippen molar-refractivity contribution in [3.05, 3.63) is 24.3 Å². The number of carbonyl (C=O) groups excluding carboxylic acids is 1. The molecule has 0 aliphatic heterocycles. The lowest BCUT2D eigenvalue weighted by molar-refractivity contribution is -0.131. The summed E-state index contributed by atoms with van der Waals surface area (Å²) in [7, 11) is 0. The quantitative estimate of drug-likeness (QED) is 0.606. The van der Waals surface area contributed by atoms with E-state index in [1.54, 1.807) is 24.3 Å². The van der Waals surface area contributed by atoms with Crippen LogP contribution in [0.3, 0.4) is 0 Å². The maximum absolute atomic E-state index is 11.5. The minimum atomic E-state index is -0.260. The zero-order chi connectivity index (χ0) is 13.4. The molecule has 0 heterocycles. The van der Waals surface area contributed by atoms with Crippen molar-refractivity contribution in [1.82, 2.24) is 0 Å². The largest absolute Gasteiger partial charge is 0.494 e. The van der Waals surface area contributed by atoms with Gasteiger partial charge in [-0.15, -0.1) is 11.8 Å². The van der Waals surface area contributed by atoms with E-state index in [0.717, 1.165) is 5.75 Å². The lowest BCUT2D eigenvalue weighted by Crippen LogP contribution is -2.17. The average Bonchev–Trinajstić information content (AvgIpc) is 2.38. The summed E-state index contributed by atoms with van der Waals surface area (Å²) in [4.78, 5) is 11.5. The molecule has 5 heteroatoms. The maximum Gasteiger partial charge on any atom is 0.321 e. The van der Waals surface area contributed by atoms with E-state index < -0.39 is 0 Å². The van der Waals surface area contributed by atoms with Crippen LogP contribution in [0.5, 0.6) is 11.5 Å². The zero-order valence-corrected chi connectivity index (χ0v) is 11.5. The Morgan fingerprint density at radius 3 is 2.50 bits per heavy atom. The van der Waals surface area contributed by atoms with Crippen LogP contribution in [0, 0.1) is 0 Å². The van der Waals surface area contributed by atoms with Gasteiger partial charge in [0.25, 0.3) is 0 Å². The van der Waals surface area contributed by atoms with Crippen molar-refractivity contribution in [3.8, 4) is 11.5 Å². The fourth-order valence-electron chi connectivity index (χ4n) is 1.21. The molecule has 1 atom stereocenters.